The van der Waals surface area contributed by atoms with E-state index in [1.165, 1.54) is 0 Å². The van der Waals surface area contributed by atoms with Gasteiger partial charge in [0.2, 0.25) is 5.91 Å². The Kier molecular flexibility index (Phi) is 5.23. The third-order valence-corrected chi connectivity index (χ3v) is 4.32. The van der Waals surface area contributed by atoms with Gasteiger partial charge >= 0.3 is 0 Å². The molecule has 1 aliphatic rings. The van der Waals surface area contributed by atoms with Gasteiger partial charge in [-0.1, -0.05) is 36.2 Å². The van der Waals surface area contributed by atoms with E-state index in [0.717, 1.165) is 36.3 Å². The summed E-state index contributed by atoms with van der Waals surface area (Å²) in [5.74, 6) is 0.622. The number of amides is 1. The Hall–Kier alpha value is -1.06. The molecule has 1 saturated carbocycles. The van der Waals surface area contributed by atoms with E-state index in [-0.39, 0.29) is 11.8 Å². The number of halogens is 1. The topological polar surface area (TPSA) is 55.1 Å². The van der Waals surface area contributed by atoms with Crippen molar-refractivity contribution in [2.45, 2.75) is 25.7 Å². The van der Waals surface area contributed by atoms with Crippen LogP contribution in [-0.4, -0.2) is 19.0 Å². The highest BCUT2D eigenvalue weighted by molar-refractivity contribution is 6.31. The molecule has 3 N–H and O–H groups in total. The predicted octanol–water partition coefficient (Wildman–Crippen LogP) is 2.37. The van der Waals surface area contributed by atoms with E-state index in [1.807, 2.05) is 24.3 Å². The molecule has 4 heteroatoms. The normalized spacial score (nSPS) is 22.4. The van der Waals surface area contributed by atoms with E-state index >= 15 is 0 Å². The molecule has 19 heavy (non-hydrogen) atoms. The van der Waals surface area contributed by atoms with Crippen molar-refractivity contribution in [3.05, 3.63) is 34.9 Å². The van der Waals surface area contributed by atoms with Crippen LogP contribution < -0.4 is 11.1 Å². The zero-order chi connectivity index (χ0) is 13.7. The average molecular weight is 281 g/mol. The summed E-state index contributed by atoms with van der Waals surface area (Å²) in [7, 11) is 0. The van der Waals surface area contributed by atoms with Crippen LogP contribution in [0, 0.1) is 11.8 Å². The molecule has 1 amide bonds. The lowest BCUT2D eigenvalue weighted by atomic mass is 9.95. The first-order valence-electron chi connectivity index (χ1n) is 6.93. The molecule has 1 fully saturated rings. The van der Waals surface area contributed by atoms with Gasteiger partial charge in [-0.2, -0.15) is 0 Å². The molecule has 1 aromatic carbocycles. The van der Waals surface area contributed by atoms with E-state index in [0.29, 0.717) is 19.0 Å². The maximum atomic E-state index is 12.1. The second-order valence-electron chi connectivity index (χ2n) is 5.17. The van der Waals surface area contributed by atoms with Gasteiger partial charge in [-0.25, -0.2) is 0 Å². The van der Waals surface area contributed by atoms with Crippen molar-refractivity contribution in [3.63, 3.8) is 0 Å². The lowest BCUT2D eigenvalue weighted by Gasteiger charge is -2.17. The molecule has 2 atom stereocenters. The number of hydrogen-bond acceptors (Lipinski definition) is 2. The Morgan fingerprint density at radius 1 is 1.37 bits per heavy atom. The molecule has 0 spiro atoms. The second kappa shape index (κ2) is 6.92. The summed E-state index contributed by atoms with van der Waals surface area (Å²) < 4.78 is 0. The van der Waals surface area contributed by atoms with Crippen molar-refractivity contribution >= 4 is 17.5 Å². The van der Waals surface area contributed by atoms with Gasteiger partial charge in [0, 0.05) is 17.5 Å². The van der Waals surface area contributed by atoms with Crippen LogP contribution in [0.15, 0.2) is 24.3 Å². The van der Waals surface area contributed by atoms with Crippen molar-refractivity contribution in [2.75, 3.05) is 13.1 Å². The van der Waals surface area contributed by atoms with Gasteiger partial charge in [0.15, 0.2) is 0 Å². The molecular weight excluding hydrogens is 260 g/mol. The van der Waals surface area contributed by atoms with Gasteiger partial charge in [-0.15, -0.1) is 0 Å². The van der Waals surface area contributed by atoms with E-state index in [2.05, 4.69) is 5.32 Å². The maximum Gasteiger partial charge on any atom is 0.223 e. The summed E-state index contributed by atoms with van der Waals surface area (Å²) in [4.78, 5) is 12.1. The smallest absolute Gasteiger partial charge is 0.223 e. The molecule has 0 unspecified atom stereocenters. The molecule has 3 nitrogen and oxygen atoms in total. The Bertz CT molecular complexity index is 436. The molecule has 1 aliphatic carbocycles. The summed E-state index contributed by atoms with van der Waals surface area (Å²) in [6.45, 7) is 1.25. The summed E-state index contributed by atoms with van der Waals surface area (Å²) in [6, 6.07) is 7.74. The van der Waals surface area contributed by atoms with Crippen LogP contribution in [0.1, 0.15) is 24.8 Å². The predicted molar refractivity (Wildman–Crippen MR) is 78.1 cm³/mol. The standard InChI is InChI=1S/C15H21ClN2O/c16-14-7-2-1-4-11(14)8-9-18-15(19)13-6-3-5-12(13)10-17/h1-2,4,7,12-13H,3,5-6,8-10,17H2,(H,18,19)/t12-,13-/m1/s1. The fourth-order valence-corrected chi connectivity index (χ4v) is 3.05. The number of nitrogens with two attached hydrogens (primary N) is 1. The third-order valence-electron chi connectivity index (χ3n) is 3.95. The number of nitrogens with one attached hydrogen (secondary N) is 1. The lowest BCUT2D eigenvalue weighted by molar-refractivity contribution is -0.125. The minimum absolute atomic E-state index is 0.108. The Morgan fingerprint density at radius 2 is 2.16 bits per heavy atom. The molecule has 1 aromatic rings. The summed E-state index contributed by atoms with van der Waals surface area (Å²) in [5.41, 5.74) is 6.78. The number of benzene rings is 1. The van der Waals surface area contributed by atoms with Crippen LogP contribution in [-0.2, 0) is 11.2 Å². The third kappa shape index (κ3) is 3.71. The molecule has 104 valence electrons. The van der Waals surface area contributed by atoms with Crippen molar-refractivity contribution in [1.29, 1.82) is 0 Å². The second-order valence-corrected chi connectivity index (χ2v) is 5.57. The zero-order valence-electron chi connectivity index (χ0n) is 11.1. The summed E-state index contributed by atoms with van der Waals surface area (Å²) in [6.07, 6.45) is 3.94. The van der Waals surface area contributed by atoms with Crippen LogP contribution in [0.25, 0.3) is 0 Å². The van der Waals surface area contributed by atoms with Gasteiger partial charge in [-0.3, -0.25) is 4.79 Å². The van der Waals surface area contributed by atoms with Gasteiger partial charge in [-0.05, 0) is 43.4 Å². The highest BCUT2D eigenvalue weighted by Crippen LogP contribution is 2.30. The molecule has 0 aliphatic heterocycles. The van der Waals surface area contributed by atoms with Gasteiger partial charge < -0.3 is 11.1 Å². The van der Waals surface area contributed by atoms with Gasteiger partial charge in [0.05, 0.1) is 0 Å². The Balaban J connectivity index is 1.80. The molecule has 2 rings (SSSR count). The van der Waals surface area contributed by atoms with Crippen LogP contribution >= 0.6 is 11.6 Å². The Labute approximate surface area is 119 Å². The van der Waals surface area contributed by atoms with Gasteiger partial charge in [0.25, 0.3) is 0 Å². The fraction of sp³-hybridized carbons (Fsp3) is 0.533. The summed E-state index contributed by atoms with van der Waals surface area (Å²) in [5, 5.41) is 3.77. The number of carbonyl (C=O) groups excluding carboxylic acids is 1. The number of carbonyl (C=O) groups is 1. The molecular formula is C15H21ClN2O. The highest BCUT2D eigenvalue weighted by atomic mass is 35.5. The first-order chi connectivity index (χ1) is 9.22. The zero-order valence-corrected chi connectivity index (χ0v) is 11.8. The molecule has 0 bridgehead atoms. The SMILES string of the molecule is NC[C@H]1CCC[C@H]1C(=O)NCCc1ccccc1Cl. The summed E-state index contributed by atoms with van der Waals surface area (Å²) >= 11 is 6.08. The maximum absolute atomic E-state index is 12.1. The van der Waals surface area contributed by atoms with Crippen LogP contribution in [0.2, 0.25) is 5.02 Å². The largest absolute Gasteiger partial charge is 0.356 e. The van der Waals surface area contributed by atoms with Crippen molar-refractivity contribution in [1.82, 2.24) is 5.32 Å². The minimum atomic E-state index is 0.108. The van der Waals surface area contributed by atoms with Crippen LogP contribution in [0.5, 0.6) is 0 Å². The Morgan fingerprint density at radius 3 is 2.89 bits per heavy atom. The van der Waals surface area contributed by atoms with Crippen LogP contribution in [0.4, 0.5) is 0 Å². The quantitative estimate of drug-likeness (QED) is 0.870. The van der Waals surface area contributed by atoms with E-state index in [9.17, 15) is 4.79 Å². The highest BCUT2D eigenvalue weighted by Gasteiger charge is 2.31. The van der Waals surface area contributed by atoms with Crippen molar-refractivity contribution in [2.24, 2.45) is 17.6 Å². The van der Waals surface area contributed by atoms with Crippen molar-refractivity contribution in [3.8, 4) is 0 Å². The monoisotopic (exact) mass is 280 g/mol. The number of rotatable bonds is 5. The molecule has 0 saturated heterocycles. The van der Waals surface area contributed by atoms with E-state index < -0.39 is 0 Å². The van der Waals surface area contributed by atoms with Gasteiger partial charge in [0.1, 0.15) is 0 Å². The van der Waals surface area contributed by atoms with E-state index in [4.69, 9.17) is 17.3 Å². The van der Waals surface area contributed by atoms with E-state index in [1.54, 1.807) is 0 Å². The van der Waals surface area contributed by atoms with Crippen molar-refractivity contribution < 1.29 is 4.79 Å². The first-order valence-corrected chi connectivity index (χ1v) is 7.31. The lowest BCUT2D eigenvalue weighted by Crippen LogP contribution is -2.36. The molecule has 0 heterocycles. The fourth-order valence-electron chi connectivity index (χ4n) is 2.82. The first kappa shape index (κ1) is 14.4. The molecule has 0 aromatic heterocycles. The average Bonchev–Trinajstić information content (AvgIpc) is 2.89. The number of hydrogen-bond donors (Lipinski definition) is 2. The molecule has 0 radical (unpaired) electrons. The minimum Gasteiger partial charge on any atom is -0.356 e. The van der Waals surface area contributed by atoms with Crippen LogP contribution in [0.3, 0.4) is 0 Å².